The molecule has 0 radical (unpaired) electrons. The van der Waals surface area contributed by atoms with Crippen molar-refractivity contribution in [3.05, 3.63) is 88.4 Å². The molecular formula is C31H37Cl2N3O5S. The molecule has 0 aromatic heterocycles. The molecule has 0 heterocycles. The normalized spacial score (nSPS) is 12.4. The van der Waals surface area contributed by atoms with E-state index in [4.69, 9.17) is 27.9 Å². The Hall–Kier alpha value is -3.27. The zero-order valence-corrected chi connectivity index (χ0v) is 26.8. The number of nitrogens with zero attached hydrogens (tertiary/aromatic N) is 2. The first-order valence-corrected chi connectivity index (χ1v) is 15.8. The van der Waals surface area contributed by atoms with Crippen LogP contribution in [-0.4, -0.2) is 49.9 Å². The SMILES string of the molecule is CCOc1ccc(N(CC(=O)N(Cc2c(Cl)cccc2Cl)C(CC)C(=O)NC(C)(C)C)S(=O)(=O)c2ccccc2)cc1. The van der Waals surface area contributed by atoms with Gasteiger partial charge >= 0.3 is 0 Å². The van der Waals surface area contributed by atoms with E-state index in [-0.39, 0.29) is 29.5 Å². The second-order valence-electron chi connectivity index (χ2n) is 10.6. The lowest BCUT2D eigenvalue weighted by Crippen LogP contribution is -2.55. The van der Waals surface area contributed by atoms with Crippen LogP contribution in [-0.2, 0) is 26.2 Å². The number of rotatable bonds is 12. The van der Waals surface area contributed by atoms with Gasteiger partial charge in [-0.25, -0.2) is 8.42 Å². The van der Waals surface area contributed by atoms with Crippen LogP contribution in [0.4, 0.5) is 5.69 Å². The molecule has 0 aliphatic rings. The third-order valence-corrected chi connectivity index (χ3v) is 8.82. The maximum Gasteiger partial charge on any atom is 0.264 e. The molecule has 1 N–H and O–H groups in total. The molecule has 0 aliphatic heterocycles. The van der Waals surface area contributed by atoms with Crippen LogP contribution >= 0.6 is 23.2 Å². The van der Waals surface area contributed by atoms with Crippen LogP contribution in [0.3, 0.4) is 0 Å². The summed E-state index contributed by atoms with van der Waals surface area (Å²) in [5.41, 5.74) is 0.153. The molecule has 0 saturated carbocycles. The molecule has 1 atom stereocenters. The summed E-state index contributed by atoms with van der Waals surface area (Å²) < 4.78 is 34.4. The highest BCUT2D eigenvalue weighted by atomic mass is 35.5. The van der Waals surface area contributed by atoms with E-state index in [1.807, 2.05) is 27.7 Å². The lowest BCUT2D eigenvalue weighted by atomic mass is 10.1. The van der Waals surface area contributed by atoms with Gasteiger partial charge in [-0.3, -0.25) is 13.9 Å². The Labute approximate surface area is 258 Å². The molecule has 3 aromatic rings. The lowest BCUT2D eigenvalue weighted by molar-refractivity contribution is -0.141. The molecule has 8 nitrogen and oxygen atoms in total. The topological polar surface area (TPSA) is 96.0 Å². The Balaban J connectivity index is 2.10. The fraction of sp³-hybridized carbons (Fsp3) is 0.355. The number of ether oxygens (including phenoxy) is 1. The van der Waals surface area contributed by atoms with Gasteiger partial charge in [0.05, 0.1) is 17.2 Å². The van der Waals surface area contributed by atoms with E-state index in [9.17, 15) is 18.0 Å². The van der Waals surface area contributed by atoms with Gasteiger partial charge < -0.3 is 15.0 Å². The summed E-state index contributed by atoms with van der Waals surface area (Å²) in [5.74, 6) is -0.417. The molecule has 0 aliphatic carbocycles. The molecule has 0 spiro atoms. The Morgan fingerprint density at radius 1 is 0.905 bits per heavy atom. The van der Waals surface area contributed by atoms with Crippen molar-refractivity contribution in [1.82, 2.24) is 10.2 Å². The number of carbonyl (C=O) groups is 2. The van der Waals surface area contributed by atoms with E-state index in [0.717, 1.165) is 4.31 Å². The number of halogens is 2. The Bertz CT molecular complexity index is 1460. The van der Waals surface area contributed by atoms with Gasteiger partial charge in [-0.05, 0) is 82.6 Å². The summed E-state index contributed by atoms with van der Waals surface area (Å²) in [4.78, 5) is 29.0. The van der Waals surface area contributed by atoms with Gasteiger partial charge in [-0.1, -0.05) is 54.4 Å². The monoisotopic (exact) mass is 633 g/mol. The van der Waals surface area contributed by atoms with E-state index >= 15 is 0 Å². The molecule has 2 amide bonds. The third kappa shape index (κ3) is 8.40. The zero-order chi connectivity index (χ0) is 31.1. The average molecular weight is 635 g/mol. The minimum Gasteiger partial charge on any atom is -0.494 e. The number of benzene rings is 3. The minimum atomic E-state index is -4.19. The standard InChI is InChI=1S/C31H37Cl2N3O5S/c1-6-28(30(38)34-31(3,4)5)35(20-25-26(32)14-11-15-27(25)33)29(37)21-36(22-16-18-23(19-17-22)41-7-2)42(39,40)24-12-9-8-10-13-24/h8-19,28H,6-7,20-21H2,1-5H3,(H,34,38). The minimum absolute atomic E-state index is 0.0184. The number of hydrogen-bond acceptors (Lipinski definition) is 5. The summed E-state index contributed by atoms with van der Waals surface area (Å²) in [6, 6.07) is 18.4. The van der Waals surface area contributed by atoms with Crippen molar-refractivity contribution in [2.75, 3.05) is 17.5 Å². The zero-order valence-electron chi connectivity index (χ0n) is 24.4. The van der Waals surface area contributed by atoms with Crippen molar-refractivity contribution in [2.45, 2.75) is 64.1 Å². The third-order valence-electron chi connectivity index (χ3n) is 6.32. The van der Waals surface area contributed by atoms with Gasteiger partial charge in [0.2, 0.25) is 11.8 Å². The van der Waals surface area contributed by atoms with Crippen LogP contribution in [0.1, 0.15) is 46.6 Å². The average Bonchev–Trinajstić information content (AvgIpc) is 2.93. The van der Waals surface area contributed by atoms with Crippen LogP contribution in [0.15, 0.2) is 77.7 Å². The van der Waals surface area contributed by atoms with E-state index < -0.39 is 34.1 Å². The summed E-state index contributed by atoms with van der Waals surface area (Å²) in [6.45, 7) is 8.92. The first kappa shape index (κ1) is 33.2. The molecule has 0 saturated heterocycles. The van der Waals surface area contributed by atoms with Crippen LogP contribution in [0, 0.1) is 0 Å². The number of hydrogen-bond donors (Lipinski definition) is 1. The van der Waals surface area contributed by atoms with Gasteiger partial charge in [-0.2, -0.15) is 0 Å². The number of sulfonamides is 1. The number of carbonyl (C=O) groups excluding carboxylic acids is 2. The van der Waals surface area contributed by atoms with Gasteiger partial charge in [0.25, 0.3) is 10.0 Å². The maximum atomic E-state index is 14.2. The van der Waals surface area contributed by atoms with E-state index in [2.05, 4.69) is 5.32 Å². The second-order valence-corrected chi connectivity index (χ2v) is 13.3. The van der Waals surface area contributed by atoms with Gasteiger partial charge in [0, 0.05) is 27.7 Å². The predicted molar refractivity (Wildman–Crippen MR) is 168 cm³/mol. The first-order chi connectivity index (χ1) is 19.8. The van der Waals surface area contributed by atoms with E-state index in [1.165, 1.54) is 17.0 Å². The quantitative estimate of drug-likeness (QED) is 0.252. The smallest absolute Gasteiger partial charge is 0.264 e. The summed E-state index contributed by atoms with van der Waals surface area (Å²) in [6.07, 6.45) is 0.268. The van der Waals surface area contributed by atoms with E-state index in [1.54, 1.807) is 67.6 Å². The summed E-state index contributed by atoms with van der Waals surface area (Å²) in [5, 5.41) is 3.59. The lowest BCUT2D eigenvalue weighted by Gasteiger charge is -2.35. The summed E-state index contributed by atoms with van der Waals surface area (Å²) >= 11 is 12.9. The van der Waals surface area contributed by atoms with Crippen molar-refractivity contribution in [3.8, 4) is 5.75 Å². The van der Waals surface area contributed by atoms with Crippen LogP contribution in [0.25, 0.3) is 0 Å². The van der Waals surface area contributed by atoms with Gasteiger partial charge in [-0.15, -0.1) is 0 Å². The highest BCUT2D eigenvalue weighted by molar-refractivity contribution is 7.92. The number of nitrogens with one attached hydrogen (secondary N) is 1. The number of amides is 2. The molecule has 0 bridgehead atoms. The Morgan fingerprint density at radius 3 is 2.02 bits per heavy atom. The van der Waals surface area contributed by atoms with Crippen molar-refractivity contribution in [1.29, 1.82) is 0 Å². The highest BCUT2D eigenvalue weighted by Gasteiger charge is 2.35. The van der Waals surface area contributed by atoms with Crippen molar-refractivity contribution in [2.24, 2.45) is 0 Å². The largest absolute Gasteiger partial charge is 0.494 e. The van der Waals surface area contributed by atoms with Crippen molar-refractivity contribution >= 4 is 50.7 Å². The molecular weight excluding hydrogens is 597 g/mol. The molecule has 0 fully saturated rings. The molecule has 3 rings (SSSR count). The summed E-state index contributed by atoms with van der Waals surface area (Å²) in [7, 11) is -4.19. The fourth-order valence-corrected chi connectivity index (χ4v) is 6.30. The van der Waals surface area contributed by atoms with Gasteiger partial charge in [0.15, 0.2) is 0 Å². The molecule has 226 valence electrons. The first-order valence-electron chi connectivity index (χ1n) is 13.6. The van der Waals surface area contributed by atoms with E-state index in [0.29, 0.717) is 28.0 Å². The molecule has 42 heavy (non-hydrogen) atoms. The van der Waals surface area contributed by atoms with Crippen molar-refractivity contribution in [3.63, 3.8) is 0 Å². The highest BCUT2D eigenvalue weighted by Crippen LogP contribution is 2.29. The maximum absolute atomic E-state index is 14.2. The number of anilines is 1. The van der Waals surface area contributed by atoms with Gasteiger partial charge in [0.1, 0.15) is 18.3 Å². The molecule has 1 unspecified atom stereocenters. The van der Waals surface area contributed by atoms with Crippen LogP contribution in [0.2, 0.25) is 10.0 Å². The predicted octanol–water partition coefficient (Wildman–Crippen LogP) is 6.31. The fourth-order valence-electron chi connectivity index (χ4n) is 4.35. The van der Waals surface area contributed by atoms with Crippen molar-refractivity contribution < 1.29 is 22.7 Å². The molecule has 3 aromatic carbocycles. The molecule has 11 heteroatoms. The van der Waals surface area contributed by atoms with Crippen LogP contribution in [0.5, 0.6) is 5.75 Å². The Morgan fingerprint density at radius 2 is 1.50 bits per heavy atom. The second kappa shape index (κ2) is 14.3. The van der Waals surface area contributed by atoms with Crippen LogP contribution < -0.4 is 14.4 Å². The Kier molecular flexibility index (Phi) is 11.3.